The molecule has 0 bridgehead atoms. The molecule has 0 saturated heterocycles. The first-order valence-corrected chi connectivity index (χ1v) is 15.5. The summed E-state index contributed by atoms with van der Waals surface area (Å²) >= 11 is 3.66. The van der Waals surface area contributed by atoms with Crippen molar-refractivity contribution in [2.24, 2.45) is 0 Å². The maximum absolute atomic E-state index is 9.56. The Balaban J connectivity index is 1.36. The minimum absolute atomic E-state index is 0.388. The number of rotatable bonds is 4. The molecule has 0 amide bonds. The van der Waals surface area contributed by atoms with E-state index in [9.17, 15) is 10.5 Å². The Morgan fingerprint density at radius 2 is 0.977 bits per heavy atom. The monoisotopic (exact) mass is 583 g/mol. The molecule has 0 aliphatic heterocycles. The lowest BCUT2D eigenvalue weighted by Crippen LogP contribution is -2.10. The predicted octanol–water partition coefficient (Wildman–Crippen LogP) is 11.3. The number of hydrogen-bond acceptors (Lipinski definition) is 5. The lowest BCUT2D eigenvalue weighted by Gasteiger charge is -2.27. The van der Waals surface area contributed by atoms with Crippen LogP contribution in [0.25, 0.3) is 51.5 Å². The molecule has 0 aliphatic rings. The molecule has 0 unspecified atom stereocenters. The number of thiophene rings is 2. The second kappa shape index (κ2) is 10.1. The van der Waals surface area contributed by atoms with Crippen LogP contribution in [0.15, 0.2) is 127 Å². The molecule has 2 aromatic heterocycles. The maximum Gasteiger partial charge on any atom is 0.101 e. The largest absolute Gasteiger partial charge is 0.308 e. The van der Waals surface area contributed by atoms with Crippen molar-refractivity contribution in [3.8, 4) is 23.3 Å². The number of hydrogen-bond donors (Lipinski definition) is 0. The van der Waals surface area contributed by atoms with Crippen LogP contribution < -0.4 is 4.90 Å². The van der Waals surface area contributed by atoms with Gasteiger partial charge in [0.05, 0.1) is 31.9 Å². The lowest BCUT2D eigenvalue weighted by atomic mass is 9.99. The van der Waals surface area contributed by atoms with E-state index in [1.807, 2.05) is 28.7 Å². The van der Waals surface area contributed by atoms with Gasteiger partial charge in [0.15, 0.2) is 0 Å². The number of benzene rings is 6. The molecular formula is C38H21N3S2. The molecule has 5 heteroatoms. The van der Waals surface area contributed by atoms with Crippen molar-refractivity contribution in [1.29, 1.82) is 10.5 Å². The summed E-state index contributed by atoms with van der Waals surface area (Å²) in [6.07, 6.45) is 0. The van der Waals surface area contributed by atoms with Crippen LogP contribution in [0.5, 0.6) is 0 Å². The van der Waals surface area contributed by atoms with Crippen molar-refractivity contribution in [1.82, 2.24) is 0 Å². The lowest BCUT2D eigenvalue weighted by molar-refractivity contribution is 1.32. The van der Waals surface area contributed by atoms with E-state index in [1.165, 1.54) is 40.3 Å². The fourth-order valence-corrected chi connectivity index (χ4v) is 8.35. The molecule has 6 aromatic carbocycles. The maximum atomic E-state index is 9.56. The zero-order valence-electron chi connectivity index (χ0n) is 22.8. The third-order valence-electron chi connectivity index (χ3n) is 7.97. The van der Waals surface area contributed by atoms with Crippen LogP contribution >= 0.6 is 22.7 Å². The first kappa shape index (κ1) is 25.3. The highest BCUT2D eigenvalue weighted by atomic mass is 32.1. The van der Waals surface area contributed by atoms with Gasteiger partial charge in [-0.05, 0) is 59.7 Å². The van der Waals surface area contributed by atoms with Crippen molar-refractivity contribution in [3.05, 3.63) is 139 Å². The summed E-state index contributed by atoms with van der Waals surface area (Å²) in [5, 5.41) is 24.0. The molecule has 8 aromatic rings. The van der Waals surface area contributed by atoms with Crippen LogP contribution in [0, 0.1) is 22.7 Å². The molecule has 3 nitrogen and oxygen atoms in total. The zero-order chi connectivity index (χ0) is 28.9. The average molecular weight is 584 g/mol. The molecule has 0 aliphatic carbocycles. The third kappa shape index (κ3) is 4.07. The molecule has 0 spiro atoms. The van der Waals surface area contributed by atoms with E-state index in [-0.39, 0.29) is 0 Å². The van der Waals surface area contributed by atoms with Crippen molar-refractivity contribution >= 4 is 80.1 Å². The van der Waals surface area contributed by atoms with Gasteiger partial charge in [0, 0.05) is 36.6 Å². The summed E-state index contributed by atoms with van der Waals surface area (Å²) in [5.74, 6) is 0. The van der Waals surface area contributed by atoms with Crippen molar-refractivity contribution in [2.45, 2.75) is 0 Å². The van der Waals surface area contributed by atoms with E-state index in [0.717, 1.165) is 28.2 Å². The smallest absolute Gasteiger partial charge is 0.101 e. The average Bonchev–Trinajstić information content (AvgIpc) is 3.64. The van der Waals surface area contributed by atoms with Gasteiger partial charge >= 0.3 is 0 Å². The molecule has 2 heterocycles. The second-order valence-electron chi connectivity index (χ2n) is 10.4. The zero-order valence-corrected chi connectivity index (χ0v) is 24.4. The Morgan fingerprint density at radius 1 is 0.465 bits per heavy atom. The van der Waals surface area contributed by atoms with Crippen LogP contribution in [-0.4, -0.2) is 0 Å². The Morgan fingerprint density at radius 3 is 1.53 bits per heavy atom. The molecule has 0 atom stereocenters. The number of nitriles is 2. The quantitative estimate of drug-likeness (QED) is 0.207. The number of fused-ring (bicyclic) bond motifs is 6. The normalized spacial score (nSPS) is 11.2. The summed E-state index contributed by atoms with van der Waals surface area (Å²) in [4.78, 5) is 2.39. The molecule has 0 N–H and O–H groups in total. The van der Waals surface area contributed by atoms with Gasteiger partial charge in [0.2, 0.25) is 0 Å². The molecular weight excluding hydrogens is 563 g/mol. The molecule has 0 radical (unpaired) electrons. The fraction of sp³-hybridized carbons (Fsp3) is 0. The van der Waals surface area contributed by atoms with Gasteiger partial charge in [-0.1, -0.05) is 78.9 Å². The summed E-state index contributed by atoms with van der Waals surface area (Å²) in [6.45, 7) is 0. The minimum atomic E-state index is 0.388. The van der Waals surface area contributed by atoms with Crippen LogP contribution in [0.3, 0.4) is 0 Å². The first-order chi connectivity index (χ1) is 21.2. The van der Waals surface area contributed by atoms with E-state index in [1.54, 1.807) is 12.1 Å². The van der Waals surface area contributed by atoms with Crippen molar-refractivity contribution in [2.75, 3.05) is 4.90 Å². The van der Waals surface area contributed by atoms with Gasteiger partial charge in [-0.2, -0.15) is 10.5 Å². The van der Waals surface area contributed by atoms with Gasteiger partial charge in [0.25, 0.3) is 0 Å². The predicted molar refractivity (Wildman–Crippen MR) is 182 cm³/mol. The molecule has 0 saturated carbocycles. The highest BCUT2D eigenvalue weighted by Gasteiger charge is 2.21. The standard InChI is InChI=1S/C38H21N3S2/c39-22-26-16-15-25(21-27(26)23-40)24-17-19-28(20-18-24)41(33-11-5-9-31-29-7-1-3-13-35(29)42-37(31)33)34-12-6-10-32-30-8-2-4-14-36(30)43-38(32)34/h1-21H. The first-order valence-electron chi connectivity index (χ1n) is 13.9. The number of nitrogens with zero attached hydrogens (tertiary/aromatic N) is 3. The Hall–Kier alpha value is -5.46. The molecule has 200 valence electrons. The highest BCUT2D eigenvalue weighted by Crippen LogP contribution is 2.48. The number of anilines is 3. The highest BCUT2D eigenvalue weighted by molar-refractivity contribution is 7.27. The van der Waals surface area contributed by atoms with Crippen LogP contribution in [0.4, 0.5) is 17.1 Å². The summed E-state index contributed by atoms with van der Waals surface area (Å²) < 4.78 is 5.04. The Bertz CT molecular complexity index is 2320. The van der Waals surface area contributed by atoms with Gasteiger partial charge in [-0.3, -0.25) is 0 Å². The van der Waals surface area contributed by atoms with E-state index >= 15 is 0 Å². The van der Waals surface area contributed by atoms with Crippen molar-refractivity contribution in [3.63, 3.8) is 0 Å². The van der Waals surface area contributed by atoms with Gasteiger partial charge < -0.3 is 4.90 Å². The van der Waals surface area contributed by atoms with E-state index < -0.39 is 0 Å². The Kier molecular flexibility index (Phi) is 5.94. The van der Waals surface area contributed by atoms with Crippen LogP contribution in [-0.2, 0) is 0 Å². The topological polar surface area (TPSA) is 50.8 Å². The summed E-state index contributed by atoms with van der Waals surface area (Å²) in [5.41, 5.74) is 6.01. The van der Waals surface area contributed by atoms with Crippen LogP contribution in [0.1, 0.15) is 11.1 Å². The van der Waals surface area contributed by atoms with E-state index in [2.05, 4.69) is 126 Å². The van der Waals surface area contributed by atoms with E-state index in [4.69, 9.17) is 0 Å². The fourth-order valence-electron chi connectivity index (χ4n) is 5.94. The van der Waals surface area contributed by atoms with Crippen molar-refractivity contribution < 1.29 is 0 Å². The van der Waals surface area contributed by atoms with E-state index in [0.29, 0.717) is 11.1 Å². The minimum Gasteiger partial charge on any atom is -0.308 e. The Labute approximate surface area is 256 Å². The SMILES string of the molecule is N#Cc1ccc(-c2ccc(N(c3cccc4c3sc3ccccc34)c3cccc4c3sc3ccccc34)cc2)cc1C#N. The molecule has 0 fully saturated rings. The third-order valence-corrected chi connectivity index (χ3v) is 10.4. The van der Waals surface area contributed by atoms with Gasteiger partial charge in [0.1, 0.15) is 12.1 Å². The van der Waals surface area contributed by atoms with Crippen LogP contribution in [0.2, 0.25) is 0 Å². The second-order valence-corrected chi connectivity index (χ2v) is 12.5. The summed E-state index contributed by atoms with van der Waals surface area (Å²) in [7, 11) is 0. The van der Waals surface area contributed by atoms with Gasteiger partial charge in [-0.15, -0.1) is 22.7 Å². The molecule has 43 heavy (non-hydrogen) atoms. The molecule has 8 rings (SSSR count). The summed E-state index contributed by atoms with van der Waals surface area (Å²) in [6, 6.07) is 48.6. The van der Waals surface area contributed by atoms with Gasteiger partial charge in [-0.25, -0.2) is 0 Å².